The van der Waals surface area contributed by atoms with Gasteiger partial charge in [-0.3, -0.25) is 33.8 Å². The first-order chi connectivity index (χ1) is 23.8. The van der Waals surface area contributed by atoms with E-state index in [0.717, 1.165) is 24.8 Å². The van der Waals surface area contributed by atoms with Crippen LogP contribution in [0.2, 0.25) is 0 Å². The fourth-order valence-electron chi connectivity index (χ4n) is 7.04. The third-order valence-corrected chi connectivity index (χ3v) is 9.79. The lowest BCUT2D eigenvalue weighted by Crippen LogP contribution is -2.60. The summed E-state index contributed by atoms with van der Waals surface area (Å²) in [6, 6.07) is 5.01. The highest BCUT2D eigenvalue weighted by atomic mass is 16.2. The predicted octanol–water partition coefficient (Wildman–Crippen LogP) is 2.73. The zero-order valence-electron chi connectivity index (χ0n) is 29.8. The predicted molar refractivity (Wildman–Crippen MR) is 186 cm³/mol. The largest absolute Gasteiger partial charge is 0.344 e. The quantitative estimate of drug-likeness (QED) is 0.206. The van der Waals surface area contributed by atoms with Crippen LogP contribution in [0.25, 0.3) is 0 Å². The van der Waals surface area contributed by atoms with E-state index in [1.807, 2.05) is 51.1 Å². The van der Waals surface area contributed by atoms with Gasteiger partial charge in [0.2, 0.25) is 23.5 Å². The first-order valence-electron chi connectivity index (χ1n) is 17.7. The molecule has 1 unspecified atom stereocenters. The van der Waals surface area contributed by atoms with E-state index >= 15 is 0 Å². The number of benzene rings is 1. The SMILES string of the molecule is CCCC(NC(=O)[C@@H]1[C@H]2CCC[C@H]2CN1C(=O)[C@@H](NC(=O)[C@H](NC(=O)c1cnccn1)C(C)C)C(C)C)C(=O)C(=O)N[C@H](C)c1ccccc1. The second-order valence-electron chi connectivity index (χ2n) is 14.1. The van der Waals surface area contributed by atoms with Gasteiger partial charge in [0.15, 0.2) is 0 Å². The maximum Gasteiger partial charge on any atom is 0.290 e. The molecule has 0 spiro atoms. The number of rotatable bonds is 15. The summed E-state index contributed by atoms with van der Waals surface area (Å²) in [5, 5.41) is 11.2. The van der Waals surface area contributed by atoms with Crippen molar-refractivity contribution in [3.05, 3.63) is 60.2 Å². The number of hydrogen-bond donors (Lipinski definition) is 4. The van der Waals surface area contributed by atoms with Gasteiger partial charge in [-0.25, -0.2) is 4.98 Å². The molecule has 4 rings (SSSR count). The molecular formula is C37H51N7O6. The number of amides is 5. The van der Waals surface area contributed by atoms with E-state index in [-0.39, 0.29) is 35.8 Å². The van der Waals surface area contributed by atoms with Crippen LogP contribution >= 0.6 is 0 Å². The molecule has 1 saturated heterocycles. The summed E-state index contributed by atoms with van der Waals surface area (Å²) in [5.74, 6) is -4.18. The van der Waals surface area contributed by atoms with Gasteiger partial charge < -0.3 is 26.2 Å². The maximum atomic E-state index is 14.3. The Morgan fingerprint density at radius 1 is 0.860 bits per heavy atom. The van der Waals surface area contributed by atoms with Crippen LogP contribution in [0.5, 0.6) is 0 Å². The molecule has 2 fully saturated rings. The van der Waals surface area contributed by atoms with Crippen molar-refractivity contribution in [1.29, 1.82) is 0 Å². The molecule has 0 bridgehead atoms. The van der Waals surface area contributed by atoms with Crippen LogP contribution in [0.1, 0.15) is 95.7 Å². The molecule has 0 radical (unpaired) electrons. The number of aromatic nitrogens is 2. The minimum atomic E-state index is -1.06. The molecule has 7 atom stereocenters. The van der Waals surface area contributed by atoms with E-state index in [4.69, 9.17) is 0 Å². The third-order valence-electron chi connectivity index (χ3n) is 9.79. The molecule has 1 aliphatic heterocycles. The zero-order valence-corrected chi connectivity index (χ0v) is 29.8. The molecule has 5 amide bonds. The molecule has 1 aromatic heterocycles. The van der Waals surface area contributed by atoms with Gasteiger partial charge in [0.05, 0.1) is 18.3 Å². The van der Waals surface area contributed by atoms with Crippen LogP contribution in [0, 0.1) is 23.7 Å². The van der Waals surface area contributed by atoms with Crippen molar-refractivity contribution in [2.45, 2.75) is 104 Å². The fraction of sp³-hybridized carbons (Fsp3) is 0.568. The lowest BCUT2D eigenvalue weighted by Gasteiger charge is -2.34. The van der Waals surface area contributed by atoms with Gasteiger partial charge in [0.25, 0.3) is 11.8 Å². The average molecular weight is 690 g/mol. The van der Waals surface area contributed by atoms with E-state index in [1.54, 1.807) is 25.7 Å². The van der Waals surface area contributed by atoms with Crippen molar-refractivity contribution in [2.24, 2.45) is 23.7 Å². The van der Waals surface area contributed by atoms with Crippen molar-refractivity contribution >= 4 is 35.3 Å². The van der Waals surface area contributed by atoms with Crippen molar-refractivity contribution < 1.29 is 28.8 Å². The number of carbonyl (C=O) groups excluding carboxylic acids is 6. The van der Waals surface area contributed by atoms with Crippen LogP contribution in [0.15, 0.2) is 48.9 Å². The molecule has 13 heteroatoms. The zero-order chi connectivity index (χ0) is 36.5. The molecule has 2 aromatic rings. The number of fused-ring (bicyclic) bond motifs is 1. The number of carbonyl (C=O) groups is 6. The standard InChI is InChI=1S/C37H51N7O6/c1-7-12-27(32(45)36(49)40-23(6)24-13-9-8-10-14-24)41-35(48)31-26-16-11-15-25(26)20-44(31)37(50)30(22(4)5)43-34(47)29(21(2)3)42-33(46)28-19-38-17-18-39-28/h8-10,13-14,17-19,21-23,25-27,29-31H,7,11-12,15-16,20H2,1-6H3,(H,40,49)(H,41,48)(H,42,46)(H,43,47)/t23-,25+,26+,27?,29-,30+,31+/m1/s1. The lowest BCUT2D eigenvalue weighted by molar-refractivity contribution is -0.145. The molecule has 270 valence electrons. The van der Waals surface area contributed by atoms with Gasteiger partial charge in [0, 0.05) is 18.9 Å². The number of hydrogen-bond acceptors (Lipinski definition) is 8. The first kappa shape index (κ1) is 38.1. The molecule has 2 heterocycles. The number of Topliss-reactive ketones (excluding diaryl/α,β-unsaturated/α-hetero) is 1. The van der Waals surface area contributed by atoms with E-state index in [2.05, 4.69) is 31.2 Å². The minimum Gasteiger partial charge on any atom is -0.344 e. The van der Waals surface area contributed by atoms with Gasteiger partial charge >= 0.3 is 0 Å². The fourth-order valence-corrected chi connectivity index (χ4v) is 7.04. The Kier molecular flexibility index (Phi) is 13.2. The second kappa shape index (κ2) is 17.3. The van der Waals surface area contributed by atoms with Crippen LogP contribution in [0.3, 0.4) is 0 Å². The number of nitrogens with one attached hydrogen (secondary N) is 4. The Balaban J connectivity index is 1.49. The van der Waals surface area contributed by atoms with E-state index in [1.165, 1.54) is 18.6 Å². The van der Waals surface area contributed by atoms with Crippen LogP contribution < -0.4 is 21.3 Å². The van der Waals surface area contributed by atoms with Crippen LogP contribution in [-0.4, -0.2) is 80.9 Å². The highest BCUT2D eigenvalue weighted by Crippen LogP contribution is 2.42. The van der Waals surface area contributed by atoms with Crippen LogP contribution in [0.4, 0.5) is 0 Å². The van der Waals surface area contributed by atoms with Gasteiger partial charge in [-0.1, -0.05) is 77.8 Å². The van der Waals surface area contributed by atoms with Crippen molar-refractivity contribution in [3.63, 3.8) is 0 Å². The Hall–Kier alpha value is -4.68. The summed E-state index contributed by atoms with van der Waals surface area (Å²) in [6.07, 6.45) is 7.45. The number of likely N-dealkylation sites (tertiary alicyclic amines) is 1. The molecule has 1 aromatic carbocycles. The number of nitrogens with zero attached hydrogens (tertiary/aromatic N) is 3. The summed E-state index contributed by atoms with van der Waals surface area (Å²) < 4.78 is 0. The van der Waals surface area contributed by atoms with Gasteiger partial charge in [0.1, 0.15) is 23.8 Å². The minimum absolute atomic E-state index is 0.0583. The Morgan fingerprint density at radius 3 is 2.18 bits per heavy atom. The maximum absolute atomic E-state index is 14.3. The van der Waals surface area contributed by atoms with E-state index in [9.17, 15) is 28.8 Å². The van der Waals surface area contributed by atoms with Gasteiger partial charge in [-0.05, 0) is 55.4 Å². The third kappa shape index (κ3) is 9.10. The summed E-state index contributed by atoms with van der Waals surface area (Å²) >= 11 is 0. The number of ketones is 1. The van der Waals surface area contributed by atoms with Crippen molar-refractivity contribution in [2.75, 3.05) is 6.54 Å². The molecular weight excluding hydrogens is 638 g/mol. The Bertz CT molecular complexity index is 1520. The summed E-state index contributed by atoms with van der Waals surface area (Å²) in [7, 11) is 0. The normalized spacial score (nSPS) is 20.7. The van der Waals surface area contributed by atoms with Gasteiger partial charge in [-0.15, -0.1) is 0 Å². The topological polar surface area (TPSA) is 180 Å². The monoisotopic (exact) mass is 689 g/mol. The smallest absolute Gasteiger partial charge is 0.290 e. The summed E-state index contributed by atoms with van der Waals surface area (Å²) in [6.45, 7) is 11.2. The molecule has 1 aliphatic carbocycles. The average Bonchev–Trinajstić information content (AvgIpc) is 3.71. The van der Waals surface area contributed by atoms with E-state index < -0.39 is 65.5 Å². The Labute approximate surface area is 294 Å². The first-order valence-corrected chi connectivity index (χ1v) is 17.7. The van der Waals surface area contributed by atoms with Crippen molar-refractivity contribution in [3.8, 4) is 0 Å². The molecule has 1 saturated carbocycles. The molecule has 4 N–H and O–H groups in total. The molecule has 2 aliphatic rings. The molecule has 50 heavy (non-hydrogen) atoms. The van der Waals surface area contributed by atoms with E-state index in [0.29, 0.717) is 13.0 Å². The van der Waals surface area contributed by atoms with Crippen molar-refractivity contribution in [1.82, 2.24) is 36.1 Å². The highest BCUT2D eigenvalue weighted by Gasteiger charge is 2.51. The second-order valence-corrected chi connectivity index (χ2v) is 14.1. The van der Waals surface area contributed by atoms with Gasteiger partial charge in [-0.2, -0.15) is 0 Å². The highest BCUT2D eigenvalue weighted by molar-refractivity contribution is 6.38. The Morgan fingerprint density at radius 2 is 1.56 bits per heavy atom. The molecule has 13 nitrogen and oxygen atoms in total. The lowest BCUT2D eigenvalue weighted by atomic mass is 9.92. The van der Waals surface area contributed by atoms with Crippen LogP contribution in [-0.2, 0) is 24.0 Å². The summed E-state index contributed by atoms with van der Waals surface area (Å²) in [5.41, 5.74) is 0.902. The summed E-state index contributed by atoms with van der Waals surface area (Å²) in [4.78, 5) is 90.8.